The number of nitrogens with two attached hydrogens (primary N) is 1. The third kappa shape index (κ3) is 2.76. The number of ether oxygens (including phenoxy) is 1. The van der Waals surface area contributed by atoms with Gasteiger partial charge in [0.1, 0.15) is 11.6 Å². The molecule has 2 saturated carbocycles. The number of halogens is 1. The highest BCUT2D eigenvalue weighted by Gasteiger charge is 2.74. The van der Waals surface area contributed by atoms with Crippen molar-refractivity contribution < 1.29 is 14.3 Å². The molecule has 7 heteroatoms. The summed E-state index contributed by atoms with van der Waals surface area (Å²) in [5.74, 6) is 0.374. The number of anilines is 2. The molecule has 4 rings (SSSR count). The molecule has 0 aromatic heterocycles. The van der Waals surface area contributed by atoms with E-state index in [0.717, 1.165) is 23.7 Å². The summed E-state index contributed by atoms with van der Waals surface area (Å²) in [6.45, 7) is 5.53. The molecule has 140 valence electrons. The average molecular weight is 422 g/mol. The number of likely N-dealkylation sites (tertiary alicyclic amines) is 1. The van der Waals surface area contributed by atoms with Crippen molar-refractivity contribution in [2.24, 2.45) is 11.3 Å². The fraction of sp³-hybridized carbons (Fsp3) is 0.579. The zero-order chi connectivity index (χ0) is 18.9. The highest BCUT2D eigenvalue weighted by atomic mass is 79.9. The van der Waals surface area contributed by atoms with Gasteiger partial charge in [-0.1, -0.05) is 15.9 Å². The SMILES string of the molecule is CC(C)(C)OC(=O)N1C(C(=O)Nc2ccc(Br)cc2N)[C@@]23C[C@H]1C[C@@H]2C3. The highest BCUT2D eigenvalue weighted by molar-refractivity contribution is 9.10. The van der Waals surface area contributed by atoms with Gasteiger partial charge in [0.2, 0.25) is 5.91 Å². The normalized spacial score (nSPS) is 31.5. The Morgan fingerprint density at radius 1 is 1.35 bits per heavy atom. The fourth-order valence-electron chi connectivity index (χ4n) is 4.77. The van der Waals surface area contributed by atoms with Crippen LogP contribution in [0.2, 0.25) is 0 Å². The van der Waals surface area contributed by atoms with Crippen molar-refractivity contribution in [3.05, 3.63) is 22.7 Å². The number of rotatable bonds is 2. The van der Waals surface area contributed by atoms with Crippen LogP contribution >= 0.6 is 15.9 Å². The molecule has 3 N–H and O–H groups in total. The molecule has 3 fully saturated rings. The minimum Gasteiger partial charge on any atom is -0.444 e. The van der Waals surface area contributed by atoms with E-state index in [0.29, 0.717) is 17.3 Å². The van der Waals surface area contributed by atoms with Gasteiger partial charge in [0.15, 0.2) is 0 Å². The van der Waals surface area contributed by atoms with Crippen LogP contribution in [0.15, 0.2) is 22.7 Å². The lowest BCUT2D eigenvalue weighted by atomic mass is 9.95. The molecule has 1 aliphatic heterocycles. The number of hydrogen-bond acceptors (Lipinski definition) is 4. The first-order valence-corrected chi connectivity index (χ1v) is 9.77. The van der Waals surface area contributed by atoms with Crippen molar-refractivity contribution in [1.82, 2.24) is 4.90 Å². The van der Waals surface area contributed by atoms with Crippen LogP contribution in [0.3, 0.4) is 0 Å². The average Bonchev–Trinajstić information content (AvgIpc) is 2.95. The van der Waals surface area contributed by atoms with Crippen molar-refractivity contribution >= 4 is 39.3 Å². The van der Waals surface area contributed by atoms with Crippen LogP contribution in [0.25, 0.3) is 0 Å². The molecule has 4 atom stereocenters. The van der Waals surface area contributed by atoms with Crippen LogP contribution in [-0.2, 0) is 9.53 Å². The third-order valence-corrected chi connectivity index (χ3v) is 6.29. The van der Waals surface area contributed by atoms with Crippen molar-refractivity contribution in [2.45, 2.75) is 57.7 Å². The molecule has 26 heavy (non-hydrogen) atoms. The Labute approximate surface area is 161 Å². The van der Waals surface area contributed by atoms with Gasteiger partial charge in [0.25, 0.3) is 0 Å². The maximum Gasteiger partial charge on any atom is 0.411 e. The topological polar surface area (TPSA) is 84.7 Å². The van der Waals surface area contributed by atoms with Gasteiger partial charge < -0.3 is 15.8 Å². The number of carbonyl (C=O) groups excluding carboxylic acids is 2. The molecule has 2 bridgehead atoms. The summed E-state index contributed by atoms with van der Waals surface area (Å²) in [6, 6.07) is 4.96. The van der Waals surface area contributed by atoms with E-state index in [1.165, 1.54) is 0 Å². The van der Waals surface area contributed by atoms with E-state index in [9.17, 15) is 9.59 Å². The maximum atomic E-state index is 13.1. The summed E-state index contributed by atoms with van der Waals surface area (Å²) < 4.78 is 6.44. The molecule has 1 saturated heterocycles. The second kappa shape index (κ2) is 5.62. The van der Waals surface area contributed by atoms with Crippen molar-refractivity contribution in [3.63, 3.8) is 0 Å². The van der Waals surface area contributed by atoms with Gasteiger partial charge in [0, 0.05) is 15.9 Å². The van der Waals surface area contributed by atoms with Crippen LogP contribution in [0.1, 0.15) is 40.0 Å². The third-order valence-electron chi connectivity index (χ3n) is 5.79. The number of nitrogens with one attached hydrogen (secondary N) is 1. The van der Waals surface area contributed by atoms with Gasteiger partial charge in [0.05, 0.1) is 11.4 Å². The summed E-state index contributed by atoms with van der Waals surface area (Å²) in [4.78, 5) is 27.6. The monoisotopic (exact) mass is 421 g/mol. The Kier molecular flexibility index (Phi) is 3.81. The molecule has 1 heterocycles. The summed E-state index contributed by atoms with van der Waals surface area (Å²) >= 11 is 3.36. The smallest absolute Gasteiger partial charge is 0.411 e. The number of hydrogen-bond donors (Lipinski definition) is 2. The van der Waals surface area contributed by atoms with Crippen molar-refractivity contribution in [3.8, 4) is 0 Å². The van der Waals surface area contributed by atoms with Crippen LogP contribution < -0.4 is 11.1 Å². The molecular weight excluding hydrogens is 398 g/mol. The highest BCUT2D eigenvalue weighted by Crippen LogP contribution is 2.72. The molecule has 6 nitrogen and oxygen atoms in total. The second-order valence-electron chi connectivity index (χ2n) is 8.74. The van der Waals surface area contributed by atoms with Crippen molar-refractivity contribution in [1.29, 1.82) is 0 Å². The van der Waals surface area contributed by atoms with Gasteiger partial charge in [-0.3, -0.25) is 9.69 Å². The largest absolute Gasteiger partial charge is 0.444 e. The standard InChI is InChI=1S/C19H24BrN3O3/c1-18(2,3)26-17(25)23-12-6-10-8-19(10,9-12)15(23)16(24)22-14-5-4-11(20)7-13(14)21/h4-5,7,10,12,15H,6,8-9,21H2,1-3H3,(H,22,24)/t10-,12-,15?,19+/m1/s1. The Hall–Kier alpha value is -1.76. The predicted molar refractivity (Wildman–Crippen MR) is 103 cm³/mol. The van der Waals surface area contributed by atoms with E-state index in [-0.39, 0.29) is 17.4 Å². The molecular formula is C19H24BrN3O3. The summed E-state index contributed by atoms with van der Waals surface area (Å²) in [5.41, 5.74) is 6.41. The van der Waals surface area contributed by atoms with Gasteiger partial charge in [-0.15, -0.1) is 0 Å². The van der Waals surface area contributed by atoms with E-state index in [2.05, 4.69) is 21.2 Å². The molecule has 2 amide bonds. The van der Waals surface area contributed by atoms with E-state index in [1.54, 1.807) is 17.0 Å². The maximum absolute atomic E-state index is 13.1. The molecule has 0 radical (unpaired) electrons. The number of nitrogens with zero attached hydrogens (tertiary/aromatic N) is 1. The Balaban J connectivity index is 1.58. The molecule has 1 spiro atoms. The summed E-state index contributed by atoms with van der Waals surface area (Å²) in [7, 11) is 0. The summed E-state index contributed by atoms with van der Waals surface area (Å²) in [5, 5.41) is 2.93. The van der Waals surface area contributed by atoms with Crippen LogP contribution in [0.4, 0.5) is 16.2 Å². The molecule has 3 aliphatic rings. The Bertz CT molecular complexity index is 791. The first-order valence-electron chi connectivity index (χ1n) is 8.98. The number of benzene rings is 1. The quantitative estimate of drug-likeness (QED) is 0.711. The van der Waals surface area contributed by atoms with Gasteiger partial charge in [-0.05, 0) is 64.2 Å². The molecule has 1 unspecified atom stereocenters. The van der Waals surface area contributed by atoms with Crippen LogP contribution in [-0.4, -0.2) is 34.6 Å². The lowest BCUT2D eigenvalue weighted by molar-refractivity contribution is -0.123. The van der Waals surface area contributed by atoms with E-state index in [1.807, 2.05) is 26.8 Å². The van der Waals surface area contributed by atoms with Crippen LogP contribution in [0, 0.1) is 11.3 Å². The Morgan fingerprint density at radius 3 is 2.73 bits per heavy atom. The minimum absolute atomic E-state index is 0.0736. The van der Waals surface area contributed by atoms with E-state index >= 15 is 0 Å². The van der Waals surface area contributed by atoms with E-state index in [4.69, 9.17) is 10.5 Å². The van der Waals surface area contributed by atoms with Crippen molar-refractivity contribution in [2.75, 3.05) is 11.1 Å². The molecule has 1 aromatic rings. The fourth-order valence-corrected chi connectivity index (χ4v) is 5.15. The van der Waals surface area contributed by atoms with Gasteiger partial charge in [-0.2, -0.15) is 0 Å². The molecule has 2 aliphatic carbocycles. The Morgan fingerprint density at radius 2 is 2.08 bits per heavy atom. The molecule has 1 aromatic carbocycles. The lowest BCUT2D eigenvalue weighted by Crippen LogP contribution is -2.52. The number of piperidine rings is 1. The zero-order valence-electron chi connectivity index (χ0n) is 15.2. The van der Waals surface area contributed by atoms with E-state index < -0.39 is 17.7 Å². The first kappa shape index (κ1) is 17.6. The lowest BCUT2D eigenvalue weighted by Gasteiger charge is -2.35. The summed E-state index contributed by atoms with van der Waals surface area (Å²) in [6.07, 6.45) is 2.49. The first-order chi connectivity index (χ1) is 12.1. The van der Waals surface area contributed by atoms with Crippen LogP contribution in [0.5, 0.6) is 0 Å². The zero-order valence-corrected chi connectivity index (χ0v) is 16.8. The predicted octanol–water partition coefficient (Wildman–Crippen LogP) is 3.76. The minimum atomic E-state index is -0.587. The number of nitrogen functional groups attached to an aromatic ring is 1. The van der Waals surface area contributed by atoms with Gasteiger partial charge in [-0.25, -0.2) is 4.79 Å². The number of carbonyl (C=O) groups is 2. The van der Waals surface area contributed by atoms with Gasteiger partial charge >= 0.3 is 6.09 Å². The number of fused-ring (bicyclic) bond motifs is 1. The number of amides is 2. The second-order valence-corrected chi connectivity index (χ2v) is 9.65.